The number of aliphatic hydroxyl groups is 1. The van der Waals surface area contributed by atoms with Crippen molar-refractivity contribution in [2.24, 2.45) is 5.41 Å². The first-order chi connectivity index (χ1) is 9.44. The Morgan fingerprint density at radius 3 is 2.80 bits per heavy atom. The summed E-state index contributed by atoms with van der Waals surface area (Å²) in [4.78, 5) is 0. The van der Waals surface area contributed by atoms with Gasteiger partial charge in [-0.05, 0) is 31.2 Å². The van der Waals surface area contributed by atoms with Crippen LogP contribution in [0.4, 0.5) is 0 Å². The van der Waals surface area contributed by atoms with Crippen LogP contribution < -0.4 is 0 Å². The highest BCUT2D eigenvalue weighted by Gasteiger charge is 2.33. The van der Waals surface area contributed by atoms with Crippen LogP contribution in [-0.4, -0.2) is 36.6 Å². The molecule has 0 fully saturated rings. The van der Waals surface area contributed by atoms with Gasteiger partial charge in [-0.2, -0.15) is 0 Å². The summed E-state index contributed by atoms with van der Waals surface area (Å²) in [5.41, 5.74) is 3.76. The molecule has 1 unspecified atom stereocenters. The first kappa shape index (κ1) is 15.5. The first-order valence-corrected chi connectivity index (χ1v) is 7.38. The zero-order valence-corrected chi connectivity index (χ0v) is 13.1. The molecule has 0 saturated carbocycles. The maximum absolute atomic E-state index is 10.3. The van der Waals surface area contributed by atoms with E-state index in [4.69, 9.17) is 9.47 Å². The third-order valence-electron chi connectivity index (χ3n) is 4.09. The van der Waals surface area contributed by atoms with Crippen LogP contribution in [0.25, 0.3) is 0 Å². The van der Waals surface area contributed by atoms with Crippen molar-refractivity contribution in [3.8, 4) is 0 Å². The molecule has 0 spiro atoms. The molecule has 1 heterocycles. The lowest BCUT2D eigenvalue weighted by Gasteiger charge is -2.34. The summed E-state index contributed by atoms with van der Waals surface area (Å²) < 4.78 is 12.8. The third-order valence-corrected chi connectivity index (χ3v) is 4.09. The average molecular weight is 281 g/mol. The summed E-state index contributed by atoms with van der Waals surface area (Å²) in [5, 5.41) is 10.3. The second-order valence-corrected chi connectivity index (χ2v) is 6.51. The smallest absolute Gasteiger partial charge is 0.0812 e. The summed E-state index contributed by atoms with van der Waals surface area (Å²) in [6.07, 6.45) is 1.53. The maximum atomic E-state index is 10.3. The highest BCUT2D eigenvalue weighted by atomic mass is 16.5. The average Bonchev–Trinajstić information content (AvgIpc) is 2.65. The molecule has 0 amide bonds. The van der Waals surface area contributed by atoms with Crippen LogP contribution >= 0.6 is 0 Å². The molecule has 1 atom stereocenters. The molecule has 0 saturated heterocycles. The van der Waals surface area contributed by atoms with Crippen LogP contribution in [0.5, 0.6) is 0 Å². The number of ether oxygens (including phenoxy) is 2. The minimum Gasteiger partial charge on any atom is -0.388 e. The van der Waals surface area contributed by atoms with Gasteiger partial charge in [-0.15, -0.1) is 0 Å². The van der Waals surface area contributed by atoms with E-state index in [2.05, 4.69) is 31.4 Å². The Balaban J connectivity index is 2.07. The molecule has 4 nitrogen and oxygen atoms in total. The molecule has 4 heteroatoms. The Labute approximate surface area is 121 Å². The number of aromatic nitrogens is 1. The molecular formula is C16H27NO3. The van der Waals surface area contributed by atoms with Crippen molar-refractivity contribution >= 4 is 0 Å². The zero-order chi connectivity index (χ0) is 14.8. The van der Waals surface area contributed by atoms with Crippen molar-refractivity contribution in [2.75, 3.05) is 26.9 Å². The molecule has 20 heavy (non-hydrogen) atoms. The monoisotopic (exact) mass is 281 g/mol. The van der Waals surface area contributed by atoms with Gasteiger partial charge in [0.1, 0.15) is 0 Å². The van der Waals surface area contributed by atoms with Gasteiger partial charge in [-0.1, -0.05) is 13.8 Å². The molecule has 0 aromatic carbocycles. The Morgan fingerprint density at radius 1 is 1.35 bits per heavy atom. The summed E-state index contributed by atoms with van der Waals surface area (Å²) in [6.45, 7) is 9.34. The van der Waals surface area contributed by atoms with Crippen LogP contribution in [0.1, 0.15) is 43.3 Å². The summed E-state index contributed by atoms with van der Waals surface area (Å²) in [6, 6.07) is 2.13. The molecule has 1 aliphatic carbocycles. The van der Waals surface area contributed by atoms with Crippen molar-refractivity contribution in [2.45, 2.75) is 46.3 Å². The zero-order valence-electron chi connectivity index (χ0n) is 13.1. The molecule has 1 aliphatic rings. The van der Waals surface area contributed by atoms with Gasteiger partial charge in [0.25, 0.3) is 0 Å². The van der Waals surface area contributed by atoms with Crippen LogP contribution in [0.2, 0.25) is 0 Å². The number of hydrogen-bond donors (Lipinski definition) is 1. The number of rotatable bonds is 6. The van der Waals surface area contributed by atoms with Crippen LogP contribution in [-0.2, 0) is 22.4 Å². The Hall–Kier alpha value is -0.840. The number of hydrogen-bond acceptors (Lipinski definition) is 3. The molecular weight excluding hydrogens is 254 g/mol. The Kier molecular flexibility index (Phi) is 4.89. The van der Waals surface area contributed by atoms with Crippen molar-refractivity contribution in [3.63, 3.8) is 0 Å². The van der Waals surface area contributed by atoms with E-state index in [-0.39, 0.29) is 11.5 Å². The fourth-order valence-electron chi connectivity index (χ4n) is 3.11. The lowest BCUT2D eigenvalue weighted by molar-refractivity contribution is 0.0649. The largest absolute Gasteiger partial charge is 0.388 e. The summed E-state index contributed by atoms with van der Waals surface area (Å²) in [7, 11) is 1.68. The quantitative estimate of drug-likeness (QED) is 0.815. The van der Waals surface area contributed by atoms with E-state index in [9.17, 15) is 5.11 Å². The van der Waals surface area contributed by atoms with Gasteiger partial charge in [0.05, 0.1) is 25.9 Å². The Morgan fingerprint density at radius 2 is 2.10 bits per heavy atom. The van der Waals surface area contributed by atoms with E-state index < -0.39 is 0 Å². The van der Waals surface area contributed by atoms with E-state index in [0.717, 1.165) is 24.9 Å². The number of aliphatic hydroxyl groups excluding tert-OH is 1. The molecule has 1 N–H and O–H groups in total. The second kappa shape index (κ2) is 6.29. The summed E-state index contributed by atoms with van der Waals surface area (Å²) in [5.74, 6) is 0. The molecule has 0 bridgehead atoms. The normalized spacial score (nSPS) is 20.9. The van der Waals surface area contributed by atoms with Crippen molar-refractivity contribution in [1.82, 2.24) is 4.57 Å². The van der Waals surface area contributed by atoms with E-state index in [0.29, 0.717) is 19.8 Å². The SMILES string of the molecule is COCCOCCn1c(C)cc2c1CC(C)(C)CC2O. The van der Waals surface area contributed by atoms with Gasteiger partial charge in [0.2, 0.25) is 0 Å². The second-order valence-electron chi connectivity index (χ2n) is 6.51. The molecule has 2 rings (SSSR count). The van der Waals surface area contributed by atoms with Gasteiger partial charge in [0.15, 0.2) is 0 Å². The molecule has 1 aromatic heterocycles. The lowest BCUT2D eigenvalue weighted by atomic mass is 9.75. The minimum absolute atomic E-state index is 0.159. The van der Waals surface area contributed by atoms with Gasteiger partial charge in [0, 0.05) is 30.6 Å². The van der Waals surface area contributed by atoms with E-state index in [1.807, 2.05) is 0 Å². The minimum atomic E-state index is -0.330. The van der Waals surface area contributed by atoms with Crippen LogP contribution in [0, 0.1) is 12.3 Å². The first-order valence-electron chi connectivity index (χ1n) is 7.38. The van der Waals surface area contributed by atoms with E-state index >= 15 is 0 Å². The van der Waals surface area contributed by atoms with Crippen LogP contribution in [0.3, 0.4) is 0 Å². The predicted octanol–water partition coefficient (Wildman–Crippen LogP) is 2.47. The number of aryl methyl sites for hydroxylation is 1. The molecule has 0 aliphatic heterocycles. The number of nitrogens with zero attached hydrogens (tertiary/aromatic N) is 1. The summed E-state index contributed by atoms with van der Waals surface area (Å²) >= 11 is 0. The third kappa shape index (κ3) is 3.43. The van der Waals surface area contributed by atoms with E-state index in [1.165, 1.54) is 11.4 Å². The highest BCUT2D eigenvalue weighted by Crippen LogP contribution is 2.41. The number of fused-ring (bicyclic) bond motifs is 1. The van der Waals surface area contributed by atoms with Gasteiger partial charge < -0.3 is 19.1 Å². The predicted molar refractivity (Wildman–Crippen MR) is 78.9 cm³/mol. The molecule has 0 radical (unpaired) electrons. The van der Waals surface area contributed by atoms with Crippen LogP contribution in [0.15, 0.2) is 6.07 Å². The maximum Gasteiger partial charge on any atom is 0.0812 e. The van der Waals surface area contributed by atoms with Gasteiger partial charge in [-0.3, -0.25) is 0 Å². The fourth-order valence-corrected chi connectivity index (χ4v) is 3.11. The lowest BCUT2D eigenvalue weighted by Crippen LogP contribution is -2.27. The van der Waals surface area contributed by atoms with E-state index in [1.54, 1.807) is 7.11 Å². The van der Waals surface area contributed by atoms with Crippen molar-refractivity contribution in [3.05, 3.63) is 23.0 Å². The molecule has 1 aromatic rings. The topological polar surface area (TPSA) is 43.6 Å². The van der Waals surface area contributed by atoms with Crippen molar-refractivity contribution in [1.29, 1.82) is 0 Å². The highest BCUT2D eigenvalue weighted by molar-refractivity contribution is 5.33. The standard InChI is InChI=1S/C16H27NO3/c1-12-9-13-14(10-16(2,3)11-15(13)18)17(12)5-6-20-8-7-19-4/h9,15,18H,5-8,10-11H2,1-4H3. The number of methoxy groups -OCH3 is 1. The van der Waals surface area contributed by atoms with Gasteiger partial charge >= 0.3 is 0 Å². The van der Waals surface area contributed by atoms with Crippen molar-refractivity contribution < 1.29 is 14.6 Å². The van der Waals surface area contributed by atoms with Gasteiger partial charge in [-0.25, -0.2) is 0 Å². The Bertz CT molecular complexity index is 451. The fraction of sp³-hybridized carbons (Fsp3) is 0.750. The molecule has 114 valence electrons.